The van der Waals surface area contributed by atoms with Gasteiger partial charge in [-0.1, -0.05) is 0 Å². The van der Waals surface area contributed by atoms with E-state index in [2.05, 4.69) is 46.2 Å². The van der Waals surface area contributed by atoms with E-state index in [1.165, 1.54) is 4.88 Å². The standard InChI is InChI=1S/C15H21N5S/c1-5-17-15-18-13(20(6-2)9-10(3)8-16)12-7-11(4)21-14(12)19-15/h7,10H,5-6,9H2,1-4H3,(H,17,18,19). The Bertz CT molecular complexity index is 658. The highest BCUT2D eigenvalue weighted by Gasteiger charge is 2.17. The van der Waals surface area contributed by atoms with Crippen LogP contribution in [0.3, 0.4) is 0 Å². The third-order valence-corrected chi connectivity index (χ3v) is 4.17. The van der Waals surface area contributed by atoms with Gasteiger partial charge in [0.2, 0.25) is 5.95 Å². The Balaban J connectivity index is 2.50. The quantitative estimate of drug-likeness (QED) is 0.886. The van der Waals surface area contributed by atoms with E-state index in [0.29, 0.717) is 12.5 Å². The normalized spacial score (nSPS) is 12.1. The number of fused-ring (bicyclic) bond motifs is 1. The molecule has 0 saturated heterocycles. The van der Waals surface area contributed by atoms with Crippen molar-refractivity contribution in [3.8, 4) is 6.07 Å². The van der Waals surface area contributed by atoms with Gasteiger partial charge in [0, 0.05) is 24.5 Å². The zero-order chi connectivity index (χ0) is 15.4. The maximum absolute atomic E-state index is 9.06. The first-order valence-corrected chi connectivity index (χ1v) is 8.07. The van der Waals surface area contributed by atoms with Crippen molar-refractivity contribution in [1.82, 2.24) is 9.97 Å². The van der Waals surface area contributed by atoms with Crippen LogP contribution in [0.4, 0.5) is 11.8 Å². The van der Waals surface area contributed by atoms with Gasteiger partial charge in [0.25, 0.3) is 0 Å². The largest absolute Gasteiger partial charge is 0.355 e. The minimum atomic E-state index is -0.0303. The lowest BCUT2D eigenvalue weighted by Crippen LogP contribution is -2.29. The molecule has 1 N–H and O–H groups in total. The van der Waals surface area contributed by atoms with Crippen LogP contribution in [0.5, 0.6) is 0 Å². The average Bonchev–Trinajstić information content (AvgIpc) is 2.84. The topological polar surface area (TPSA) is 64.8 Å². The Morgan fingerprint density at radius 3 is 2.81 bits per heavy atom. The van der Waals surface area contributed by atoms with E-state index in [0.717, 1.165) is 29.1 Å². The SMILES string of the molecule is CCNc1nc(N(CC)CC(C)C#N)c2cc(C)sc2n1. The van der Waals surface area contributed by atoms with Crippen molar-refractivity contribution in [1.29, 1.82) is 5.26 Å². The summed E-state index contributed by atoms with van der Waals surface area (Å²) in [5, 5.41) is 13.3. The second kappa shape index (κ2) is 6.72. The van der Waals surface area contributed by atoms with Gasteiger partial charge in [0.15, 0.2) is 0 Å². The van der Waals surface area contributed by atoms with Crippen LogP contribution in [0.2, 0.25) is 0 Å². The summed E-state index contributed by atoms with van der Waals surface area (Å²) in [7, 11) is 0. The van der Waals surface area contributed by atoms with Gasteiger partial charge < -0.3 is 10.2 Å². The molecule has 0 aromatic carbocycles. The predicted octanol–water partition coefficient (Wildman–Crippen LogP) is 3.42. The molecule has 0 spiro atoms. The van der Waals surface area contributed by atoms with E-state index in [1.807, 2.05) is 13.8 Å². The molecular formula is C15H21N5S. The number of rotatable bonds is 6. The first-order valence-electron chi connectivity index (χ1n) is 7.25. The van der Waals surface area contributed by atoms with E-state index >= 15 is 0 Å². The second-order valence-electron chi connectivity index (χ2n) is 5.05. The summed E-state index contributed by atoms with van der Waals surface area (Å²) in [5.74, 6) is 1.55. The smallest absolute Gasteiger partial charge is 0.226 e. The first-order chi connectivity index (χ1) is 10.1. The van der Waals surface area contributed by atoms with Crippen molar-refractivity contribution < 1.29 is 0 Å². The van der Waals surface area contributed by atoms with Crippen LogP contribution in [0, 0.1) is 24.2 Å². The van der Waals surface area contributed by atoms with Crippen LogP contribution in [0.25, 0.3) is 10.2 Å². The van der Waals surface area contributed by atoms with Gasteiger partial charge in [-0.2, -0.15) is 10.2 Å². The van der Waals surface area contributed by atoms with E-state index in [4.69, 9.17) is 5.26 Å². The fourth-order valence-corrected chi connectivity index (χ4v) is 3.12. The number of aromatic nitrogens is 2. The van der Waals surface area contributed by atoms with Crippen molar-refractivity contribution >= 4 is 33.3 Å². The monoisotopic (exact) mass is 303 g/mol. The molecule has 1 unspecified atom stereocenters. The summed E-state index contributed by atoms with van der Waals surface area (Å²) in [6, 6.07) is 4.42. The maximum Gasteiger partial charge on any atom is 0.226 e. The molecule has 0 saturated carbocycles. The molecule has 0 bridgehead atoms. The Hall–Kier alpha value is -1.87. The third kappa shape index (κ3) is 3.42. The molecule has 5 nitrogen and oxygen atoms in total. The van der Waals surface area contributed by atoms with Crippen LogP contribution >= 0.6 is 11.3 Å². The molecule has 6 heteroatoms. The van der Waals surface area contributed by atoms with Crippen LogP contribution in [-0.4, -0.2) is 29.6 Å². The zero-order valence-corrected chi connectivity index (χ0v) is 13.8. The first kappa shape index (κ1) is 15.5. The molecule has 2 aromatic rings. The molecule has 0 fully saturated rings. The lowest BCUT2D eigenvalue weighted by atomic mass is 10.2. The molecule has 21 heavy (non-hydrogen) atoms. The fraction of sp³-hybridized carbons (Fsp3) is 0.533. The van der Waals surface area contributed by atoms with Gasteiger partial charge in [-0.3, -0.25) is 0 Å². The van der Waals surface area contributed by atoms with E-state index < -0.39 is 0 Å². The molecule has 0 aliphatic heterocycles. The maximum atomic E-state index is 9.06. The van der Waals surface area contributed by atoms with Crippen LogP contribution < -0.4 is 10.2 Å². The number of nitrogens with one attached hydrogen (secondary N) is 1. The minimum Gasteiger partial charge on any atom is -0.355 e. The number of thiophene rings is 1. The highest BCUT2D eigenvalue weighted by atomic mass is 32.1. The predicted molar refractivity (Wildman–Crippen MR) is 89.0 cm³/mol. The molecule has 0 amide bonds. The van der Waals surface area contributed by atoms with E-state index in [9.17, 15) is 0 Å². The Morgan fingerprint density at radius 2 is 2.19 bits per heavy atom. The van der Waals surface area contributed by atoms with Crippen molar-refractivity contribution in [2.24, 2.45) is 5.92 Å². The molecule has 2 heterocycles. The number of nitriles is 1. The summed E-state index contributed by atoms with van der Waals surface area (Å²) in [4.78, 5) is 13.6. The minimum absolute atomic E-state index is 0.0303. The number of hydrogen-bond donors (Lipinski definition) is 1. The average molecular weight is 303 g/mol. The second-order valence-corrected chi connectivity index (χ2v) is 6.28. The third-order valence-electron chi connectivity index (χ3n) is 3.23. The summed E-state index contributed by atoms with van der Waals surface area (Å²) < 4.78 is 0. The molecule has 0 aliphatic rings. The van der Waals surface area contributed by atoms with Crippen molar-refractivity contribution in [2.75, 3.05) is 29.9 Å². The molecule has 0 aliphatic carbocycles. The highest BCUT2D eigenvalue weighted by Crippen LogP contribution is 2.32. The Kier molecular flexibility index (Phi) is 4.97. The summed E-state index contributed by atoms with van der Waals surface area (Å²) in [6.07, 6.45) is 0. The summed E-state index contributed by atoms with van der Waals surface area (Å²) in [6.45, 7) is 10.4. The van der Waals surface area contributed by atoms with Gasteiger partial charge in [-0.25, -0.2) is 4.98 Å². The lowest BCUT2D eigenvalue weighted by molar-refractivity contribution is 0.681. The molecule has 0 radical (unpaired) electrons. The van der Waals surface area contributed by atoms with Gasteiger partial charge in [0.1, 0.15) is 10.6 Å². The number of aryl methyl sites for hydroxylation is 1. The number of anilines is 2. The molecule has 2 rings (SSSR count). The molecule has 112 valence electrons. The fourth-order valence-electron chi connectivity index (χ4n) is 2.24. The number of hydrogen-bond acceptors (Lipinski definition) is 6. The van der Waals surface area contributed by atoms with Crippen molar-refractivity contribution in [2.45, 2.75) is 27.7 Å². The Labute approximate surface area is 129 Å². The van der Waals surface area contributed by atoms with Gasteiger partial charge >= 0.3 is 0 Å². The molecule has 1 atom stereocenters. The lowest BCUT2D eigenvalue weighted by Gasteiger charge is -2.24. The summed E-state index contributed by atoms with van der Waals surface area (Å²) >= 11 is 1.68. The highest BCUT2D eigenvalue weighted by molar-refractivity contribution is 7.18. The number of nitrogens with zero attached hydrogens (tertiary/aromatic N) is 4. The van der Waals surface area contributed by atoms with Crippen molar-refractivity contribution in [3.63, 3.8) is 0 Å². The van der Waals surface area contributed by atoms with Crippen LogP contribution in [0.15, 0.2) is 6.07 Å². The van der Waals surface area contributed by atoms with Gasteiger partial charge in [-0.05, 0) is 33.8 Å². The zero-order valence-electron chi connectivity index (χ0n) is 13.0. The molecule has 2 aromatic heterocycles. The van der Waals surface area contributed by atoms with E-state index in [-0.39, 0.29) is 5.92 Å². The van der Waals surface area contributed by atoms with Crippen LogP contribution in [-0.2, 0) is 0 Å². The van der Waals surface area contributed by atoms with Crippen molar-refractivity contribution in [3.05, 3.63) is 10.9 Å². The van der Waals surface area contributed by atoms with E-state index in [1.54, 1.807) is 11.3 Å². The van der Waals surface area contributed by atoms with Crippen LogP contribution in [0.1, 0.15) is 25.6 Å². The van der Waals surface area contributed by atoms with Gasteiger partial charge in [0.05, 0.1) is 17.4 Å². The van der Waals surface area contributed by atoms with Gasteiger partial charge in [-0.15, -0.1) is 11.3 Å². The molecular weight excluding hydrogens is 282 g/mol. The Morgan fingerprint density at radius 1 is 1.43 bits per heavy atom. The summed E-state index contributed by atoms with van der Waals surface area (Å²) in [5.41, 5.74) is 0.